The van der Waals surface area contributed by atoms with Crippen molar-refractivity contribution in [3.8, 4) is 6.07 Å². The topological polar surface area (TPSA) is 73.1 Å². The fourth-order valence-corrected chi connectivity index (χ4v) is 1.99. The number of carbonyl (C=O) groups is 1. The minimum atomic E-state index is -0.939. The number of rotatable bonds is 5. The molecule has 0 bridgehead atoms. The molecule has 2 aromatic rings. The molecule has 0 saturated heterocycles. The first-order chi connectivity index (χ1) is 9.72. The van der Waals surface area contributed by atoms with Gasteiger partial charge in [-0.05, 0) is 17.2 Å². The van der Waals surface area contributed by atoms with Gasteiger partial charge in [-0.2, -0.15) is 5.26 Å². The first kappa shape index (κ1) is 13.8. The van der Waals surface area contributed by atoms with Crippen molar-refractivity contribution in [2.75, 3.05) is 0 Å². The van der Waals surface area contributed by atoms with Crippen LogP contribution in [0.25, 0.3) is 0 Å². The summed E-state index contributed by atoms with van der Waals surface area (Å²) in [7, 11) is 0. The van der Waals surface area contributed by atoms with Gasteiger partial charge in [-0.3, -0.25) is 10.1 Å². The molecule has 0 aliphatic heterocycles. The molecule has 2 aromatic carbocycles. The molecular weight excluding hydrogens is 252 g/mol. The maximum absolute atomic E-state index is 11.3. The highest BCUT2D eigenvalue weighted by Crippen LogP contribution is 2.15. The molecule has 0 aliphatic carbocycles. The quantitative estimate of drug-likeness (QED) is 0.872. The molecule has 2 N–H and O–H groups in total. The van der Waals surface area contributed by atoms with Crippen LogP contribution in [0.1, 0.15) is 22.7 Å². The summed E-state index contributed by atoms with van der Waals surface area (Å²) in [6.45, 7) is 0.329. The first-order valence-electron chi connectivity index (χ1n) is 6.21. The van der Waals surface area contributed by atoms with E-state index >= 15 is 0 Å². The van der Waals surface area contributed by atoms with Crippen molar-refractivity contribution in [3.05, 3.63) is 71.3 Å². The maximum Gasteiger partial charge on any atom is 0.325 e. The van der Waals surface area contributed by atoms with Gasteiger partial charge in [-0.25, -0.2) is 0 Å². The minimum Gasteiger partial charge on any atom is -0.480 e. The van der Waals surface area contributed by atoms with Crippen molar-refractivity contribution < 1.29 is 9.90 Å². The number of nitrogens with zero attached hydrogens (tertiary/aromatic N) is 1. The zero-order chi connectivity index (χ0) is 14.4. The highest BCUT2D eigenvalue weighted by molar-refractivity contribution is 5.75. The highest BCUT2D eigenvalue weighted by Gasteiger charge is 2.18. The maximum atomic E-state index is 11.3. The summed E-state index contributed by atoms with van der Waals surface area (Å²) in [6, 6.07) is 17.4. The van der Waals surface area contributed by atoms with E-state index in [9.17, 15) is 9.90 Å². The number of aliphatic carboxylic acids is 1. The minimum absolute atomic E-state index is 0.329. The SMILES string of the molecule is N#Cc1ccccc1CNC(C(=O)O)c1ccccc1. The van der Waals surface area contributed by atoms with Crippen molar-refractivity contribution in [2.24, 2.45) is 0 Å². The monoisotopic (exact) mass is 266 g/mol. The zero-order valence-corrected chi connectivity index (χ0v) is 10.8. The number of nitriles is 1. The second-order valence-electron chi connectivity index (χ2n) is 4.33. The van der Waals surface area contributed by atoms with Crippen molar-refractivity contribution in [1.29, 1.82) is 5.26 Å². The van der Waals surface area contributed by atoms with Crippen LogP contribution in [0.5, 0.6) is 0 Å². The van der Waals surface area contributed by atoms with Crippen molar-refractivity contribution in [1.82, 2.24) is 5.32 Å². The van der Waals surface area contributed by atoms with Crippen LogP contribution < -0.4 is 5.32 Å². The molecular formula is C16H14N2O2. The Bertz CT molecular complexity index is 632. The average Bonchev–Trinajstić information content (AvgIpc) is 2.48. The molecule has 0 aromatic heterocycles. The fourth-order valence-electron chi connectivity index (χ4n) is 1.99. The number of carboxylic acids is 1. The van der Waals surface area contributed by atoms with Crippen LogP contribution in [-0.2, 0) is 11.3 Å². The summed E-state index contributed by atoms with van der Waals surface area (Å²) in [4.78, 5) is 11.3. The molecule has 4 nitrogen and oxygen atoms in total. The van der Waals surface area contributed by atoms with E-state index in [-0.39, 0.29) is 0 Å². The summed E-state index contributed by atoms with van der Waals surface area (Å²) >= 11 is 0. The van der Waals surface area contributed by atoms with Gasteiger partial charge in [0.05, 0.1) is 11.6 Å². The molecule has 1 atom stereocenters. The largest absolute Gasteiger partial charge is 0.480 e. The summed E-state index contributed by atoms with van der Waals surface area (Å²) in [5.41, 5.74) is 2.03. The second-order valence-corrected chi connectivity index (χ2v) is 4.33. The van der Waals surface area contributed by atoms with Gasteiger partial charge in [0.15, 0.2) is 0 Å². The molecule has 1 unspecified atom stereocenters. The van der Waals surface area contributed by atoms with E-state index < -0.39 is 12.0 Å². The molecule has 2 rings (SSSR count). The molecule has 0 amide bonds. The molecule has 0 aliphatic rings. The molecule has 100 valence electrons. The van der Waals surface area contributed by atoms with Crippen LogP contribution in [0.3, 0.4) is 0 Å². The van der Waals surface area contributed by atoms with E-state index in [4.69, 9.17) is 5.26 Å². The Morgan fingerprint density at radius 1 is 1.15 bits per heavy atom. The molecule has 0 radical (unpaired) electrons. The zero-order valence-electron chi connectivity index (χ0n) is 10.8. The average molecular weight is 266 g/mol. The van der Waals surface area contributed by atoms with Gasteiger partial charge in [-0.1, -0.05) is 48.5 Å². The number of benzene rings is 2. The Kier molecular flexibility index (Phi) is 4.48. The third kappa shape index (κ3) is 3.22. The van der Waals surface area contributed by atoms with E-state index in [2.05, 4.69) is 11.4 Å². The van der Waals surface area contributed by atoms with Crippen LogP contribution in [-0.4, -0.2) is 11.1 Å². The summed E-state index contributed by atoms with van der Waals surface area (Å²) in [5.74, 6) is -0.939. The predicted molar refractivity (Wildman–Crippen MR) is 74.8 cm³/mol. The third-order valence-electron chi connectivity index (χ3n) is 3.01. The smallest absolute Gasteiger partial charge is 0.325 e. The van der Waals surface area contributed by atoms with E-state index in [0.717, 1.165) is 5.56 Å². The van der Waals surface area contributed by atoms with Gasteiger partial charge in [0.2, 0.25) is 0 Å². The molecule has 20 heavy (non-hydrogen) atoms. The van der Waals surface area contributed by atoms with Crippen LogP contribution in [0.2, 0.25) is 0 Å². The van der Waals surface area contributed by atoms with Crippen LogP contribution in [0.15, 0.2) is 54.6 Å². The Balaban J connectivity index is 2.15. The van der Waals surface area contributed by atoms with Crippen LogP contribution in [0, 0.1) is 11.3 Å². The standard InChI is InChI=1S/C16H14N2O2/c17-10-13-8-4-5-9-14(13)11-18-15(16(19)20)12-6-2-1-3-7-12/h1-9,15,18H,11H2,(H,19,20). The Morgan fingerprint density at radius 3 is 2.45 bits per heavy atom. The van der Waals surface area contributed by atoms with E-state index in [1.165, 1.54) is 0 Å². The molecule has 0 fully saturated rings. The van der Waals surface area contributed by atoms with E-state index in [1.54, 1.807) is 36.4 Å². The van der Waals surface area contributed by atoms with E-state index in [1.807, 2.05) is 18.2 Å². The molecule has 0 heterocycles. The highest BCUT2D eigenvalue weighted by atomic mass is 16.4. The molecule has 4 heteroatoms. The number of nitrogens with one attached hydrogen (secondary N) is 1. The van der Waals surface area contributed by atoms with E-state index in [0.29, 0.717) is 17.7 Å². The molecule has 0 spiro atoms. The summed E-state index contributed by atoms with van der Waals surface area (Å²) in [5, 5.41) is 21.3. The third-order valence-corrected chi connectivity index (χ3v) is 3.01. The van der Waals surface area contributed by atoms with Gasteiger partial charge < -0.3 is 5.11 Å². The Hall–Kier alpha value is -2.64. The number of carboxylic acid groups (broad SMARTS) is 1. The summed E-state index contributed by atoms with van der Waals surface area (Å²) in [6.07, 6.45) is 0. The van der Waals surface area contributed by atoms with Crippen LogP contribution >= 0.6 is 0 Å². The Labute approximate surface area is 117 Å². The lowest BCUT2D eigenvalue weighted by molar-refractivity contribution is -0.139. The number of hydrogen-bond acceptors (Lipinski definition) is 3. The molecule has 0 saturated carbocycles. The Morgan fingerprint density at radius 2 is 1.80 bits per heavy atom. The van der Waals surface area contributed by atoms with Crippen molar-refractivity contribution in [3.63, 3.8) is 0 Å². The van der Waals surface area contributed by atoms with Gasteiger partial charge in [-0.15, -0.1) is 0 Å². The summed E-state index contributed by atoms with van der Waals surface area (Å²) < 4.78 is 0. The first-order valence-corrected chi connectivity index (χ1v) is 6.21. The lowest BCUT2D eigenvalue weighted by Crippen LogP contribution is -2.28. The van der Waals surface area contributed by atoms with Gasteiger partial charge in [0, 0.05) is 6.54 Å². The van der Waals surface area contributed by atoms with Gasteiger partial charge >= 0.3 is 5.97 Å². The lowest BCUT2D eigenvalue weighted by atomic mass is 10.1. The predicted octanol–water partition coefficient (Wildman–Crippen LogP) is 2.47. The van der Waals surface area contributed by atoms with Crippen molar-refractivity contribution in [2.45, 2.75) is 12.6 Å². The number of hydrogen-bond donors (Lipinski definition) is 2. The second kappa shape index (κ2) is 6.50. The van der Waals surface area contributed by atoms with Gasteiger partial charge in [0.1, 0.15) is 6.04 Å². The van der Waals surface area contributed by atoms with Crippen LogP contribution in [0.4, 0.5) is 0 Å². The van der Waals surface area contributed by atoms with Gasteiger partial charge in [0.25, 0.3) is 0 Å². The lowest BCUT2D eigenvalue weighted by Gasteiger charge is -2.15. The van der Waals surface area contributed by atoms with Crippen molar-refractivity contribution >= 4 is 5.97 Å². The normalized spacial score (nSPS) is 11.6. The fraction of sp³-hybridized carbons (Fsp3) is 0.125.